The Morgan fingerprint density at radius 1 is 1.03 bits per heavy atom. The molecule has 0 spiro atoms. The molecule has 0 atom stereocenters. The third-order valence-corrected chi connectivity index (χ3v) is 5.49. The van der Waals surface area contributed by atoms with E-state index in [0.29, 0.717) is 12.3 Å². The van der Waals surface area contributed by atoms with Crippen LogP contribution in [0.1, 0.15) is 16.1 Å². The number of aromatic amines is 1. The second kappa shape index (κ2) is 7.41. The molecule has 6 heteroatoms. The van der Waals surface area contributed by atoms with E-state index in [1.807, 2.05) is 72.8 Å². The van der Waals surface area contributed by atoms with Crippen molar-refractivity contribution < 1.29 is 9.53 Å². The first-order valence-electron chi connectivity index (χ1n) is 9.19. The fourth-order valence-electron chi connectivity index (χ4n) is 3.19. The SMILES string of the molecule is O=C(Nc1ccc2scnc2c1)c1cc2ccc(OCc3ccccc3)cc2[nH]1. The van der Waals surface area contributed by atoms with Gasteiger partial charge in [0.15, 0.2) is 0 Å². The average Bonchev–Trinajstić information content (AvgIpc) is 3.39. The van der Waals surface area contributed by atoms with E-state index in [1.54, 1.807) is 16.8 Å². The fraction of sp³-hybridized carbons (Fsp3) is 0.0435. The molecule has 29 heavy (non-hydrogen) atoms. The quantitative estimate of drug-likeness (QED) is 0.404. The van der Waals surface area contributed by atoms with Crippen LogP contribution in [0.5, 0.6) is 5.75 Å². The van der Waals surface area contributed by atoms with Crippen LogP contribution >= 0.6 is 11.3 Å². The predicted octanol–water partition coefficient (Wildman–Crippen LogP) is 5.61. The number of fused-ring (bicyclic) bond motifs is 2. The normalized spacial score (nSPS) is 11.0. The minimum atomic E-state index is -0.192. The van der Waals surface area contributed by atoms with Gasteiger partial charge in [-0.2, -0.15) is 0 Å². The Morgan fingerprint density at radius 3 is 2.83 bits per heavy atom. The third-order valence-electron chi connectivity index (χ3n) is 4.68. The molecule has 0 aliphatic heterocycles. The Labute approximate surface area is 171 Å². The highest BCUT2D eigenvalue weighted by Gasteiger charge is 2.11. The number of hydrogen-bond acceptors (Lipinski definition) is 4. The molecule has 5 nitrogen and oxygen atoms in total. The summed E-state index contributed by atoms with van der Waals surface area (Å²) in [7, 11) is 0. The highest BCUT2D eigenvalue weighted by Crippen LogP contribution is 2.24. The number of ether oxygens (including phenoxy) is 1. The van der Waals surface area contributed by atoms with Crippen LogP contribution in [-0.2, 0) is 6.61 Å². The molecule has 0 radical (unpaired) electrons. The van der Waals surface area contributed by atoms with E-state index < -0.39 is 0 Å². The van der Waals surface area contributed by atoms with Gasteiger partial charge in [0.05, 0.1) is 15.7 Å². The maximum Gasteiger partial charge on any atom is 0.272 e. The van der Waals surface area contributed by atoms with Crippen molar-refractivity contribution in [3.05, 3.63) is 89.6 Å². The lowest BCUT2D eigenvalue weighted by atomic mass is 10.2. The number of thiazole rings is 1. The fourth-order valence-corrected chi connectivity index (χ4v) is 3.85. The van der Waals surface area contributed by atoms with Crippen molar-refractivity contribution in [2.75, 3.05) is 5.32 Å². The topological polar surface area (TPSA) is 67.0 Å². The molecule has 0 saturated carbocycles. The first-order chi connectivity index (χ1) is 14.2. The van der Waals surface area contributed by atoms with E-state index in [0.717, 1.165) is 38.1 Å². The van der Waals surface area contributed by atoms with Crippen molar-refractivity contribution in [1.82, 2.24) is 9.97 Å². The Balaban J connectivity index is 1.32. The van der Waals surface area contributed by atoms with Crippen LogP contribution < -0.4 is 10.1 Å². The van der Waals surface area contributed by atoms with Gasteiger partial charge >= 0.3 is 0 Å². The Kier molecular flexibility index (Phi) is 4.46. The summed E-state index contributed by atoms with van der Waals surface area (Å²) in [5.41, 5.74) is 5.86. The summed E-state index contributed by atoms with van der Waals surface area (Å²) in [5.74, 6) is 0.562. The van der Waals surface area contributed by atoms with Gasteiger partial charge in [0.25, 0.3) is 5.91 Å². The van der Waals surface area contributed by atoms with Crippen LogP contribution in [-0.4, -0.2) is 15.9 Å². The van der Waals surface area contributed by atoms with Crippen LogP contribution in [0.15, 0.2) is 78.3 Å². The summed E-state index contributed by atoms with van der Waals surface area (Å²) < 4.78 is 6.97. The van der Waals surface area contributed by atoms with Crippen LogP contribution in [0.25, 0.3) is 21.1 Å². The van der Waals surface area contributed by atoms with Gasteiger partial charge in [0.2, 0.25) is 0 Å². The van der Waals surface area contributed by atoms with Gasteiger partial charge in [-0.05, 0) is 42.0 Å². The van der Waals surface area contributed by atoms with E-state index in [4.69, 9.17) is 4.74 Å². The number of nitrogens with one attached hydrogen (secondary N) is 2. The Hall–Kier alpha value is -3.64. The van der Waals surface area contributed by atoms with Crippen LogP contribution in [0, 0.1) is 0 Å². The summed E-state index contributed by atoms with van der Waals surface area (Å²) in [5, 5.41) is 3.88. The third kappa shape index (κ3) is 3.70. The number of hydrogen-bond donors (Lipinski definition) is 2. The standard InChI is InChI=1S/C23H17N3O2S/c27-23(25-17-7-9-22-20(11-17)24-14-29-22)21-10-16-6-8-18(12-19(16)26-21)28-13-15-4-2-1-3-5-15/h1-12,14,26H,13H2,(H,25,27). The van der Waals surface area contributed by atoms with Gasteiger partial charge in [-0.3, -0.25) is 4.79 Å². The molecular weight excluding hydrogens is 382 g/mol. The summed E-state index contributed by atoms with van der Waals surface area (Å²) in [6, 6.07) is 23.4. The minimum Gasteiger partial charge on any atom is -0.489 e. The molecule has 2 aromatic heterocycles. The number of rotatable bonds is 5. The predicted molar refractivity (Wildman–Crippen MR) is 117 cm³/mol. The molecule has 0 aliphatic carbocycles. The number of anilines is 1. The van der Waals surface area contributed by atoms with Crippen LogP contribution in [0.2, 0.25) is 0 Å². The molecule has 2 N–H and O–H groups in total. The smallest absolute Gasteiger partial charge is 0.272 e. The lowest BCUT2D eigenvalue weighted by Gasteiger charge is -2.06. The second-order valence-electron chi connectivity index (χ2n) is 6.70. The maximum atomic E-state index is 12.7. The molecule has 0 aliphatic rings. The molecule has 0 fully saturated rings. The molecule has 3 aromatic carbocycles. The number of amides is 1. The molecular formula is C23H17N3O2S. The van der Waals surface area contributed by atoms with Gasteiger partial charge < -0.3 is 15.0 Å². The van der Waals surface area contributed by atoms with Crippen LogP contribution in [0.4, 0.5) is 5.69 Å². The summed E-state index contributed by atoms with van der Waals surface area (Å²) in [6.45, 7) is 0.499. The van der Waals surface area contributed by atoms with Crippen molar-refractivity contribution in [3.8, 4) is 5.75 Å². The minimum absolute atomic E-state index is 0.192. The molecule has 1 amide bonds. The van der Waals surface area contributed by atoms with Crippen molar-refractivity contribution in [2.24, 2.45) is 0 Å². The zero-order valence-corrected chi connectivity index (χ0v) is 16.2. The van der Waals surface area contributed by atoms with Gasteiger partial charge in [0, 0.05) is 22.7 Å². The van der Waals surface area contributed by atoms with Crippen LogP contribution in [0.3, 0.4) is 0 Å². The number of nitrogens with zero attached hydrogens (tertiary/aromatic N) is 1. The van der Waals surface area contributed by atoms with E-state index in [-0.39, 0.29) is 5.91 Å². The molecule has 5 aromatic rings. The summed E-state index contributed by atoms with van der Waals surface area (Å²) in [6.07, 6.45) is 0. The first kappa shape index (κ1) is 17.5. The Morgan fingerprint density at radius 2 is 1.93 bits per heavy atom. The maximum absolute atomic E-state index is 12.7. The molecule has 5 rings (SSSR count). The van der Waals surface area contributed by atoms with E-state index in [2.05, 4.69) is 15.3 Å². The lowest BCUT2D eigenvalue weighted by molar-refractivity contribution is 0.102. The zero-order valence-electron chi connectivity index (χ0n) is 15.4. The number of aromatic nitrogens is 2. The average molecular weight is 399 g/mol. The number of carbonyl (C=O) groups is 1. The zero-order chi connectivity index (χ0) is 19.6. The van der Waals surface area contributed by atoms with Crippen molar-refractivity contribution in [2.45, 2.75) is 6.61 Å². The molecule has 0 bridgehead atoms. The molecule has 0 unspecified atom stereocenters. The van der Waals surface area contributed by atoms with Gasteiger partial charge in [-0.25, -0.2) is 4.98 Å². The van der Waals surface area contributed by atoms with E-state index in [1.165, 1.54) is 0 Å². The monoisotopic (exact) mass is 399 g/mol. The van der Waals surface area contributed by atoms with Crippen molar-refractivity contribution >= 4 is 44.1 Å². The molecule has 0 saturated heterocycles. The number of H-pyrrole nitrogens is 1. The number of carbonyl (C=O) groups excluding carboxylic acids is 1. The van der Waals surface area contributed by atoms with Gasteiger partial charge in [-0.15, -0.1) is 11.3 Å². The van der Waals surface area contributed by atoms with Crippen molar-refractivity contribution in [1.29, 1.82) is 0 Å². The Bertz CT molecular complexity index is 1310. The first-order valence-corrected chi connectivity index (χ1v) is 10.1. The second-order valence-corrected chi connectivity index (χ2v) is 7.58. The highest BCUT2D eigenvalue weighted by atomic mass is 32.1. The highest BCUT2D eigenvalue weighted by molar-refractivity contribution is 7.16. The van der Waals surface area contributed by atoms with E-state index >= 15 is 0 Å². The molecule has 142 valence electrons. The number of benzene rings is 3. The van der Waals surface area contributed by atoms with Gasteiger partial charge in [-0.1, -0.05) is 30.3 Å². The lowest BCUT2D eigenvalue weighted by Crippen LogP contribution is -2.12. The largest absolute Gasteiger partial charge is 0.489 e. The summed E-state index contributed by atoms with van der Waals surface area (Å²) >= 11 is 1.58. The summed E-state index contributed by atoms with van der Waals surface area (Å²) in [4.78, 5) is 20.1. The van der Waals surface area contributed by atoms with Gasteiger partial charge in [0.1, 0.15) is 18.1 Å². The van der Waals surface area contributed by atoms with E-state index in [9.17, 15) is 4.79 Å². The molecule has 2 heterocycles. The van der Waals surface area contributed by atoms with Crippen molar-refractivity contribution in [3.63, 3.8) is 0 Å².